The lowest BCUT2D eigenvalue weighted by Gasteiger charge is -2.10. The van der Waals surface area contributed by atoms with Crippen molar-refractivity contribution in [3.63, 3.8) is 0 Å². The van der Waals surface area contributed by atoms with Gasteiger partial charge in [-0.25, -0.2) is 4.68 Å². The van der Waals surface area contributed by atoms with Crippen LogP contribution in [0.25, 0.3) is 11.3 Å². The maximum atomic E-state index is 12.2. The van der Waals surface area contributed by atoms with Crippen LogP contribution in [0.4, 0.5) is 0 Å². The van der Waals surface area contributed by atoms with Crippen molar-refractivity contribution in [2.24, 2.45) is 5.73 Å². The monoisotopic (exact) mass is 301 g/mol. The van der Waals surface area contributed by atoms with Crippen LogP contribution in [0, 0.1) is 0 Å². The predicted octanol–water partition coefficient (Wildman–Crippen LogP) is 2.57. The number of nitrogens with two attached hydrogens (primary N) is 1. The number of aryl methyl sites for hydroxylation is 1. The summed E-state index contributed by atoms with van der Waals surface area (Å²) in [5, 5.41) is 4.47. The van der Waals surface area contributed by atoms with Crippen molar-refractivity contribution in [2.45, 2.75) is 39.8 Å². The number of ether oxygens (including phenoxy) is 1. The third-order valence-electron chi connectivity index (χ3n) is 3.45. The minimum Gasteiger partial charge on any atom is -0.494 e. The first-order valence-electron chi connectivity index (χ1n) is 7.74. The summed E-state index contributed by atoms with van der Waals surface area (Å²) in [6.07, 6.45) is 1.93. The summed E-state index contributed by atoms with van der Waals surface area (Å²) in [6, 6.07) is 9.49. The van der Waals surface area contributed by atoms with Crippen molar-refractivity contribution in [3.05, 3.63) is 46.2 Å². The van der Waals surface area contributed by atoms with Crippen LogP contribution in [0.1, 0.15) is 32.3 Å². The fourth-order valence-corrected chi connectivity index (χ4v) is 2.23. The van der Waals surface area contributed by atoms with Crippen molar-refractivity contribution >= 4 is 0 Å². The fraction of sp³-hybridized carbons (Fsp3) is 0.412. The molecule has 0 atom stereocenters. The van der Waals surface area contributed by atoms with E-state index in [9.17, 15) is 4.79 Å². The molecule has 0 bridgehead atoms. The SMILES string of the molecule is CCCCn1nc(-c2ccc(OCC)cc2)cc(CN)c1=O. The van der Waals surface area contributed by atoms with Crippen LogP contribution >= 0.6 is 0 Å². The van der Waals surface area contributed by atoms with Gasteiger partial charge < -0.3 is 10.5 Å². The van der Waals surface area contributed by atoms with E-state index >= 15 is 0 Å². The maximum absolute atomic E-state index is 12.2. The van der Waals surface area contributed by atoms with Crippen molar-refractivity contribution in [2.75, 3.05) is 6.61 Å². The Balaban J connectivity index is 2.39. The van der Waals surface area contributed by atoms with Gasteiger partial charge >= 0.3 is 0 Å². The first-order chi connectivity index (χ1) is 10.7. The van der Waals surface area contributed by atoms with E-state index in [2.05, 4.69) is 12.0 Å². The van der Waals surface area contributed by atoms with Crippen LogP contribution in [-0.2, 0) is 13.1 Å². The predicted molar refractivity (Wildman–Crippen MR) is 87.9 cm³/mol. The van der Waals surface area contributed by atoms with Gasteiger partial charge in [0.2, 0.25) is 0 Å². The van der Waals surface area contributed by atoms with Gasteiger partial charge in [0.25, 0.3) is 5.56 Å². The van der Waals surface area contributed by atoms with Crippen LogP contribution in [0.2, 0.25) is 0 Å². The molecule has 2 aromatic rings. The Kier molecular flexibility index (Phi) is 5.72. The molecule has 1 heterocycles. The molecular weight excluding hydrogens is 278 g/mol. The lowest BCUT2D eigenvalue weighted by atomic mass is 10.1. The Labute approximate surface area is 130 Å². The van der Waals surface area contributed by atoms with E-state index < -0.39 is 0 Å². The van der Waals surface area contributed by atoms with E-state index in [1.807, 2.05) is 31.2 Å². The van der Waals surface area contributed by atoms with Crippen molar-refractivity contribution < 1.29 is 4.74 Å². The minimum absolute atomic E-state index is 0.0920. The maximum Gasteiger partial charge on any atom is 0.271 e. The zero-order chi connectivity index (χ0) is 15.9. The zero-order valence-corrected chi connectivity index (χ0v) is 13.2. The van der Waals surface area contributed by atoms with Gasteiger partial charge in [0, 0.05) is 24.2 Å². The third-order valence-corrected chi connectivity index (χ3v) is 3.45. The highest BCUT2D eigenvalue weighted by atomic mass is 16.5. The van der Waals surface area contributed by atoms with Crippen LogP contribution in [-0.4, -0.2) is 16.4 Å². The third kappa shape index (κ3) is 3.74. The van der Waals surface area contributed by atoms with Gasteiger partial charge in [0.05, 0.1) is 12.3 Å². The highest BCUT2D eigenvalue weighted by Gasteiger charge is 2.09. The van der Waals surface area contributed by atoms with Gasteiger partial charge in [-0.2, -0.15) is 5.10 Å². The van der Waals surface area contributed by atoms with Gasteiger partial charge in [-0.15, -0.1) is 0 Å². The summed E-state index contributed by atoms with van der Waals surface area (Å²) < 4.78 is 6.97. The van der Waals surface area contributed by atoms with Crippen LogP contribution in [0.15, 0.2) is 35.1 Å². The molecule has 0 aliphatic heterocycles. The summed E-state index contributed by atoms with van der Waals surface area (Å²) >= 11 is 0. The quantitative estimate of drug-likeness (QED) is 0.853. The van der Waals surface area contributed by atoms with Gasteiger partial charge in [0.15, 0.2) is 0 Å². The largest absolute Gasteiger partial charge is 0.494 e. The number of hydrogen-bond donors (Lipinski definition) is 1. The smallest absolute Gasteiger partial charge is 0.271 e. The first-order valence-corrected chi connectivity index (χ1v) is 7.74. The molecule has 0 saturated carbocycles. The van der Waals surface area contributed by atoms with E-state index in [0.29, 0.717) is 18.7 Å². The van der Waals surface area contributed by atoms with E-state index in [4.69, 9.17) is 10.5 Å². The molecule has 0 saturated heterocycles. The van der Waals surface area contributed by atoms with Crippen molar-refractivity contribution in [3.8, 4) is 17.0 Å². The van der Waals surface area contributed by atoms with Crippen LogP contribution in [0.5, 0.6) is 5.75 Å². The number of hydrogen-bond acceptors (Lipinski definition) is 4. The number of benzene rings is 1. The van der Waals surface area contributed by atoms with Gasteiger partial charge in [-0.1, -0.05) is 13.3 Å². The van der Waals surface area contributed by atoms with E-state index in [1.54, 1.807) is 6.07 Å². The number of rotatable bonds is 7. The summed E-state index contributed by atoms with van der Waals surface area (Å²) in [5.41, 5.74) is 7.91. The summed E-state index contributed by atoms with van der Waals surface area (Å²) in [4.78, 5) is 12.2. The molecule has 1 aromatic heterocycles. The summed E-state index contributed by atoms with van der Waals surface area (Å²) in [5.74, 6) is 0.824. The Hall–Kier alpha value is -2.14. The van der Waals surface area contributed by atoms with Gasteiger partial charge in [-0.3, -0.25) is 4.79 Å². The second-order valence-corrected chi connectivity index (χ2v) is 5.10. The molecule has 2 N–H and O–H groups in total. The van der Waals surface area contributed by atoms with Gasteiger partial charge in [-0.05, 0) is 43.7 Å². The molecule has 0 spiro atoms. The molecule has 0 fully saturated rings. The molecule has 0 unspecified atom stereocenters. The standard InChI is InChI=1S/C17H23N3O2/c1-3-5-10-20-17(21)14(12-18)11-16(19-20)13-6-8-15(9-7-13)22-4-2/h6-9,11H,3-5,10,12,18H2,1-2H3. The Morgan fingerprint density at radius 1 is 1.23 bits per heavy atom. The van der Waals surface area contributed by atoms with E-state index in [1.165, 1.54) is 4.68 Å². The second-order valence-electron chi connectivity index (χ2n) is 5.10. The second kappa shape index (κ2) is 7.75. The highest BCUT2D eigenvalue weighted by molar-refractivity contribution is 5.60. The normalized spacial score (nSPS) is 10.7. The Morgan fingerprint density at radius 3 is 2.55 bits per heavy atom. The number of aromatic nitrogens is 2. The number of nitrogens with zero attached hydrogens (tertiary/aromatic N) is 2. The van der Waals surface area contributed by atoms with E-state index in [-0.39, 0.29) is 12.1 Å². The average Bonchev–Trinajstić information content (AvgIpc) is 2.55. The topological polar surface area (TPSA) is 70.1 Å². The van der Waals surface area contributed by atoms with Gasteiger partial charge in [0.1, 0.15) is 5.75 Å². The molecule has 5 heteroatoms. The summed E-state index contributed by atoms with van der Waals surface area (Å²) in [6.45, 7) is 5.51. The number of unbranched alkanes of at least 4 members (excludes halogenated alkanes) is 1. The van der Waals surface area contributed by atoms with Crippen molar-refractivity contribution in [1.82, 2.24) is 9.78 Å². The highest BCUT2D eigenvalue weighted by Crippen LogP contribution is 2.20. The molecule has 0 aliphatic rings. The zero-order valence-electron chi connectivity index (χ0n) is 13.2. The molecule has 1 aromatic carbocycles. The van der Waals surface area contributed by atoms with Crippen LogP contribution in [0.3, 0.4) is 0 Å². The lowest BCUT2D eigenvalue weighted by molar-refractivity contribution is 0.340. The van der Waals surface area contributed by atoms with Crippen LogP contribution < -0.4 is 16.0 Å². The Morgan fingerprint density at radius 2 is 1.95 bits per heavy atom. The molecule has 0 aliphatic carbocycles. The Bertz CT molecular complexity index is 663. The first kappa shape index (κ1) is 16.2. The molecule has 5 nitrogen and oxygen atoms in total. The molecular formula is C17H23N3O2. The fourth-order valence-electron chi connectivity index (χ4n) is 2.23. The molecule has 0 radical (unpaired) electrons. The van der Waals surface area contributed by atoms with E-state index in [0.717, 1.165) is 29.8 Å². The molecule has 0 amide bonds. The molecule has 2 rings (SSSR count). The summed E-state index contributed by atoms with van der Waals surface area (Å²) in [7, 11) is 0. The lowest BCUT2D eigenvalue weighted by Crippen LogP contribution is -2.28. The minimum atomic E-state index is -0.0920. The van der Waals surface area contributed by atoms with Crippen molar-refractivity contribution in [1.29, 1.82) is 0 Å². The molecule has 118 valence electrons. The average molecular weight is 301 g/mol. The molecule has 22 heavy (non-hydrogen) atoms.